The molecule has 37 heavy (non-hydrogen) atoms. The van der Waals surface area contributed by atoms with Gasteiger partial charge in [0.15, 0.2) is 0 Å². The molecule has 0 aliphatic carbocycles. The number of esters is 2. The lowest BCUT2D eigenvalue weighted by atomic mass is 9.97. The van der Waals surface area contributed by atoms with Crippen LogP contribution in [-0.4, -0.2) is 50.9 Å². The monoisotopic (exact) mass is 555 g/mol. The van der Waals surface area contributed by atoms with Crippen molar-refractivity contribution in [3.63, 3.8) is 0 Å². The van der Waals surface area contributed by atoms with Gasteiger partial charge in [0.2, 0.25) is 6.29 Å². The Bertz CT molecular complexity index is 1080. The second kappa shape index (κ2) is 13.3. The molecule has 0 amide bonds. The SMILES string of the molecule is CC(C)CC(NC(Cc1cncn1Cc1cc(Cl)cc(Cl)c1)C(=O)O)C(=O)OC(C)OC(=O)C(C)(C)C. The van der Waals surface area contributed by atoms with E-state index in [0.29, 0.717) is 28.7 Å². The molecule has 204 valence electrons. The number of carbonyl (C=O) groups excluding carboxylic acids is 2. The fourth-order valence-electron chi connectivity index (χ4n) is 3.53. The summed E-state index contributed by atoms with van der Waals surface area (Å²) in [6, 6.07) is 3.13. The zero-order valence-electron chi connectivity index (χ0n) is 22.0. The van der Waals surface area contributed by atoms with Crippen molar-refractivity contribution in [2.24, 2.45) is 11.3 Å². The summed E-state index contributed by atoms with van der Waals surface area (Å²) in [7, 11) is 0. The Balaban J connectivity index is 2.15. The maximum absolute atomic E-state index is 12.9. The summed E-state index contributed by atoms with van der Waals surface area (Å²) in [6.45, 7) is 10.7. The highest BCUT2D eigenvalue weighted by molar-refractivity contribution is 6.34. The third-order valence-electron chi connectivity index (χ3n) is 5.35. The van der Waals surface area contributed by atoms with Crippen molar-refractivity contribution in [2.75, 3.05) is 0 Å². The van der Waals surface area contributed by atoms with Crippen molar-refractivity contribution >= 4 is 41.1 Å². The lowest BCUT2D eigenvalue weighted by Crippen LogP contribution is -2.50. The summed E-state index contributed by atoms with van der Waals surface area (Å²) in [5, 5.41) is 13.8. The first-order valence-electron chi connectivity index (χ1n) is 12.0. The number of rotatable bonds is 12. The zero-order valence-corrected chi connectivity index (χ0v) is 23.5. The van der Waals surface area contributed by atoms with Crippen molar-refractivity contribution < 1.29 is 29.0 Å². The third kappa shape index (κ3) is 9.98. The lowest BCUT2D eigenvalue weighted by Gasteiger charge is -2.26. The van der Waals surface area contributed by atoms with Gasteiger partial charge in [-0.1, -0.05) is 37.0 Å². The first kappa shape index (κ1) is 30.6. The normalized spacial score (nSPS) is 14.2. The maximum atomic E-state index is 12.9. The molecule has 2 rings (SSSR count). The van der Waals surface area contributed by atoms with Crippen molar-refractivity contribution in [1.29, 1.82) is 0 Å². The standard InChI is InChI=1S/C26H35Cl2N3O6/c1-15(2)7-22(24(34)36-16(3)37-25(35)26(4,5)6)30-21(23(32)33)11-20-12-29-14-31(20)13-17-8-18(27)10-19(28)9-17/h8-10,12,14-16,21-22,30H,7,11,13H2,1-6H3,(H,32,33). The Hall–Kier alpha value is -2.62. The van der Waals surface area contributed by atoms with Crippen molar-refractivity contribution in [3.8, 4) is 0 Å². The van der Waals surface area contributed by atoms with Crippen LogP contribution in [0.2, 0.25) is 10.0 Å². The number of benzene rings is 1. The van der Waals surface area contributed by atoms with Crippen LogP contribution in [0.5, 0.6) is 0 Å². The number of nitrogens with one attached hydrogen (secondary N) is 1. The number of imidazole rings is 1. The molecule has 0 saturated carbocycles. The average molecular weight is 556 g/mol. The molecule has 0 saturated heterocycles. The second-order valence-corrected chi connectivity index (χ2v) is 11.3. The first-order valence-corrected chi connectivity index (χ1v) is 12.8. The number of ether oxygens (including phenoxy) is 2. The van der Waals surface area contributed by atoms with Gasteiger partial charge >= 0.3 is 17.9 Å². The Morgan fingerprint density at radius 1 is 1.05 bits per heavy atom. The number of halogens is 2. The summed E-state index contributed by atoms with van der Waals surface area (Å²) in [4.78, 5) is 41.4. The lowest BCUT2D eigenvalue weighted by molar-refractivity contribution is -0.192. The molecule has 0 aliphatic rings. The Kier molecular flexibility index (Phi) is 11.0. The fraction of sp³-hybridized carbons (Fsp3) is 0.538. The summed E-state index contributed by atoms with van der Waals surface area (Å²) in [5.41, 5.74) is 0.709. The molecule has 3 atom stereocenters. The number of nitrogens with zero attached hydrogens (tertiary/aromatic N) is 2. The average Bonchev–Trinajstić information content (AvgIpc) is 3.17. The van der Waals surface area contributed by atoms with Crippen molar-refractivity contribution in [2.45, 2.75) is 79.3 Å². The van der Waals surface area contributed by atoms with Gasteiger partial charge < -0.3 is 19.1 Å². The van der Waals surface area contributed by atoms with E-state index in [1.54, 1.807) is 56.1 Å². The van der Waals surface area contributed by atoms with Crippen LogP contribution < -0.4 is 5.32 Å². The van der Waals surface area contributed by atoms with Gasteiger partial charge in [0.25, 0.3) is 0 Å². The van der Waals surface area contributed by atoms with Crippen LogP contribution in [-0.2, 0) is 36.8 Å². The van der Waals surface area contributed by atoms with Crippen LogP contribution in [0.4, 0.5) is 0 Å². The van der Waals surface area contributed by atoms with Gasteiger partial charge in [-0.25, -0.2) is 4.98 Å². The third-order valence-corrected chi connectivity index (χ3v) is 5.78. The van der Waals surface area contributed by atoms with Crippen LogP contribution >= 0.6 is 23.2 Å². The van der Waals surface area contributed by atoms with Crippen LogP contribution in [0.25, 0.3) is 0 Å². The van der Waals surface area contributed by atoms with Gasteiger partial charge in [0.05, 0.1) is 11.7 Å². The number of carboxylic acid groups (broad SMARTS) is 1. The molecule has 2 aromatic rings. The molecule has 0 fully saturated rings. The number of hydrogen-bond acceptors (Lipinski definition) is 7. The zero-order chi connectivity index (χ0) is 27.9. The molecule has 1 aromatic carbocycles. The van der Waals surface area contributed by atoms with E-state index in [0.717, 1.165) is 5.56 Å². The fourth-order valence-corrected chi connectivity index (χ4v) is 4.10. The summed E-state index contributed by atoms with van der Waals surface area (Å²) < 4.78 is 12.3. The molecule has 0 radical (unpaired) electrons. The molecule has 0 bridgehead atoms. The minimum atomic E-state index is -1.13. The highest BCUT2D eigenvalue weighted by Crippen LogP contribution is 2.21. The van der Waals surface area contributed by atoms with E-state index in [9.17, 15) is 19.5 Å². The summed E-state index contributed by atoms with van der Waals surface area (Å²) >= 11 is 12.2. The number of aliphatic carboxylic acids is 1. The Morgan fingerprint density at radius 3 is 2.22 bits per heavy atom. The molecule has 2 N–H and O–H groups in total. The van der Waals surface area contributed by atoms with Gasteiger partial charge in [0, 0.05) is 41.8 Å². The van der Waals surface area contributed by atoms with E-state index in [2.05, 4.69) is 10.3 Å². The van der Waals surface area contributed by atoms with Gasteiger partial charge in [0.1, 0.15) is 12.1 Å². The van der Waals surface area contributed by atoms with Crippen LogP contribution in [0.3, 0.4) is 0 Å². The first-order chi connectivity index (χ1) is 17.1. The van der Waals surface area contributed by atoms with Gasteiger partial charge in [-0.05, 0) is 56.9 Å². The molecule has 9 nitrogen and oxygen atoms in total. The van der Waals surface area contributed by atoms with E-state index in [1.165, 1.54) is 6.92 Å². The summed E-state index contributed by atoms with van der Waals surface area (Å²) in [6.07, 6.45) is 2.43. The molecule has 0 spiro atoms. The quantitative estimate of drug-likeness (QED) is 0.285. The molecule has 3 unspecified atom stereocenters. The van der Waals surface area contributed by atoms with E-state index in [-0.39, 0.29) is 12.3 Å². The molecule has 0 aliphatic heterocycles. The van der Waals surface area contributed by atoms with Gasteiger partial charge in [-0.2, -0.15) is 0 Å². The van der Waals surface area contributed by atoms with Crippen LogP contribution in [0.15, 0.2) is 30.7 Å². The topological polar surface area (TPSA) is 120 Å². The predicted octanol–water partition coefficient (Wildman–Crippen LogP) is 4.72. The molecular weight excluding hydrogens is 521 g/mol. The largest absolute Gasteiger partial charge is 0.480 e. The number of aromatic nitrogens is 2. The van der Waals surface area contributed by atoms with E-state index >= 15 is 0 Å². The number of carboxylic acids is 1. The minimum Gasteiger partial charge on any atom is -0.480 e. The minimum absolute atomic E-state index is 0.0556. The van der Waals surface area contributed by atoms with E-state index in [1.807, 2.05) is 13.8 Å². The van der Waals surface area contributed by atoms with Crippen LogP contribution in [0, 0.1) is 11.3 Å². The van der Waals surface area contributed by atoms with Crippen molar-refractivity contribution in [3.05, 3.63) is 52.0 Å². The smallest absolute Gasteiger partial charge is 0.326 e. The highest BCUT2D eigenvalue weighted by atomic mass is 35.5. The van der Waals surface area contributed by atoms with Gasteiger partial charge in [-0.15, -0.1) is 0 Å². The maximum Gasteiger partial charge on any atom is 0.326 e. The van der Waals surface area contributed by atoms with Gasteiger partial charge in [-0.3, -0.25) is 19.7 Å². The number of hydrogen-bond donors (Lipinski definition) is 2. The number of carbonyl (C=O) groups is 3. The van der Waals surface area contributed by atoms with E-state index < -0.39 is 41.7 Å². The molecule has 1 aromatic heterocycles. The van der Waals surface area contributed by atoms with Crippen LogP contribution in [0.1, 0.15) is 59.2 Å². The Labute approximate surface area is 227 Å². The molecule has 1 heterocycles. The van der Waals surface area contributed by atoms with E-state index in [4.69, 9.17) is 32.7 Å². The molecule has 11 heteroatoms. The summed E-state index contributed by atoms with van der Waals surface area (Å²) in [5.74, 6) is -2.28. The predicted molar refractivity (Wildman–Crippen MR) is 140 cm³/mol. The van der Waals surface area contributed by atoms with Crippen molar-refractivity contribution in [1.82, 2.24) is 14.9 Å². The second-order valence-electron chi connectivity index (χ2n) is 10.4. The Morgan fingerprint density at radius 2 is 1.68 bits per heavy atom. The molecular formula is C26H35Cl2N3O6. The highest BCUT2D eigenvalue weighted by Gasteiger charge is 2.31.